The highest BCUT2D eigenvalue weighted by Gasteiger charge is 2.19. The summed E-state index contributed by atoms with van der Waals surface area (Å²) in [6.45, 7) is 0. The molecule has 14 rings (SSSR count). The van der Waals surface area contributed by atoms with Gasteiger partial charge in [-0.15, -0.1) is 0 Å². The molecule has 3 nitrogen and oxygen atoms in total. The van der Waals surface area contributed by atoms with E-state index in [1.54, 1.807) is 0 Å². The van der Waals surface area contributed by atoms with Gasteiger partial charge in [0.15, 0.2) is 5.82 Å². The highest BCUT2D eigenvalue weighted by molar-refractivity contribution is 6.25. The summed E-state index contributed by atoms with van der Waals surface area (Å²) >= 11 is 0. The highest BCUT2D eigenvalue weighted by atomic mass is 14.9. The molecule has 2 aromatic heterocycles. The lowest BCUT2D eigenvalue weighted by Crippen LogP contribution is -1.97. The topological polar surface area (TPSA) is 38.7 Å². The highest BCUT2D eigenvalue weighted by Crippen LogP contribution is 2.44. The van der Waals surface area contributed by atoms with Crippen molar-refractivity contribution in [3.05, 3.63) is 249 Å². The van der Waals surface area contributed by atoms with E-state index in [2.05, 4.69) is 236 Å². The Balaban J connectivity index is 1.02. The maximum absolute atomic E-state index is 5.44. The molecule has 2 heterocycles. The third-order valence-electron chi connectivity index (χ3n) is 14.2. The van der Waals surface area contributed by atoms with Crippen LogP contribution in [0.1, 0.15) is 0 Å². The molecular formula is C67H41N3. The van der Waals surface area contributed by atoms with Crippen LogP contribution in [0, 0.1) is 0 Å². The minimum absolute atomic E-state index is 0.676. The van der Waals surface area contributed by atoms with Crippen LogP contribution in [0.15, 0.2) is 249 Å². The Morgan fingerprint density at radius 3 is 1.30 bits per heavy atom. The van der Waals surface area contributed by atoms with Gasteiger partial charge in [-0.05, 0) is 147 Å². The molecule has 0 bridgehead atoms. The molecular weight excluding hydrogens is 847 g/mol. The molecule has 0 amide bonds. The van der Waals surface area contributed by atoms with Crippen molar-refractivity contribution < 1.29 is 0 Å². The summed E-state index contributed by atoms with van der Waals surface area (Å²) in [7, 11) is 0. The Morgan fingerprint density at radius 1 is 0.243 bits per heavy atom. The van der Waals surface area contributed by atoms with Gasteiger partial charge in [0.1, 0.15) is 0 Å². The molecule has 3 heteroatoms. The van der Waals surface area contributed by atoms with Gasteiger partial charge in [-0.2, -0.15) is 0 Å². The summed E-state index contributed by atoms with van der Waals surface area (Å²) in [5, 5.41) is 16.0. The Morgan fingerprint density at radius 2 is 0.700 bits per heavy atom. The summed E-state index contributed by atoms with van der Waals surface area (Å²) in [6.07, 6.45) is 1.89. The van der Waals surface area contributed by atoms with E-state index in [0.717, 1.165) is 61.2 Å². The van der Waals surface area contributed by atoms with Crippen LogP contribution in [0.4, 0.5) is 0 Å². The van der Waals surface area contributed by atoms with Gasteiger partial charge in [0, 0.05) is 28.3 Å². The Labute approximate surface area is 404 Å². The van der Waals surface area contributed by atoms with Crippen LogP contribution < -0.4 is 0 Å². The summed E-state index contributed by atoms with van der Waals surface area (Å²) in [4.78, 5) is 15.4. The minimum atomic E-state index is 0.676. The monoisotopic (exact) mass is 887 g/mol. The fraction of sp³-hybridized carbons (Fsp3) is 0. The van der Waals surface area contributed by atoms with E-state index in [1.165, 1.54) is 75.8 Å². The molecule has 14 aromatic rings. The standard InChI is InChI=1S/C67H41N3/c1-2-16-46(17-3-1)67-69-63(45-30-26-44(27-31-45)52-34-35-68-62-25-13-12-22-57(52)62)41-64(70-67)51-37-49(60-39-47-32-28-42-14-4-6-18-53(42)65(47)58-23-10-8-20-55(58)60)36-50(38-51)61-40-48-33-29-43-15-5-7-19-54(43)66(48)59-24-11-9-21-56(59)61/h1-41H. The zero-order valence-electron chi connectivity index (χ0n) is 38.0. The lowest BCUT2D eigenvalue weighted by molar-refractivity contribution is 1.18. The summed E-state index contributed by atoms with van der Waals surface area (Å²) in [5.41, 5.74) is 12.5. The van der Waals surface area contributed by atoms with Gasteiger partial charge in [0.2, 0.25) is 0 Å². The van der Waals surface area contributed by atoms with Gasteiger partial charge in [0.25, 0.3) is 0 Å². The number of benzene rings is 12. The van der Waals surface area contributed by atoms with Crippen molar-refractivity contribution in [1.82, 2.24) is 15.0 Å². The average Bonchev–Trinajstić information content (AvgIpc) is 3.44. The molecule has 0 N–H and O–H groups in total. The van der Waals surface area contributed by atoms with Crippen LogP contribution in [0.5, 0.6) is 0 Å². The van der Waals surface area contributed by atoms with Crippen molar-refractivity contribution in [2.45, 2.75) is 0 Å². The van der Waals surface area contributed by atoms with E-state index in [4.69, 9.17) is 9.97 Å². The molecule has 70 heavy (non-hydrogen) atoms. The largest absolute Gasteiger partial charge is 0.256 e. The van der Waals surface area contributed by atoms with Crippen LogP contribution in [0.3, 0.4) is 0 Å². The van der Waals surface area contributed by atoms with Crippen molar-refractivity contribution >= 4 is 75.5 Å². The van der Waals surface area contributed by atoms with E-state index >= 15 is 0 Å². The first kappa shape index (κ1) is 39.8. The summed E-state index contributed by atoms with van der Waals surface area (Å²) in [5.74, 6) is 0.676. The molecule has 0 atom stereocenters. The van der Waals surface area contributed by atoms with Crippen molar-refractivity contribution in [3.8, 4) is 67.3 Å². The van der Waals surface area contributed by atoms with Crippen LogP contribution in [-0.4, -0.2) is 15.0 Å². The smallest absolute Gasteiger partial charge is 0.160 e. The van der Waals surface area contributed by atoms with Crippen molar-refractivity contribution in [2.24, 2.45) is 0 Å². The second-order valence-corrected chi connectivity index (χ2v) is 18.3. The van der Waals surface area contributed by atoms with E-state index in [1.807, 2.05) is 18.3 Å². The van der Waals surface area contributed by atoms with Gasteiger partial charge in [-0.3, -0.25) is 4.98 Å². The van der Waals surface area contributed by atoms with Gasteiger partial charge < -0.3 is 0 Å². The first-order valence-electron chi connectivity index (χ1n) is 23.9. The SMILES string of the molecule is c1ccc(-c2nc(-c3ccc(-c4ccnc5ccccc45)cc3)cc(-c3cc(-c4cc5ccc6ccccc6c5c5ccccc45)cc(-c4cc5ccc6ccccc6c5c5ccccc45)c3)n2)cc1. The number of hydrogen-bond acceptors (Lipinski definition) is 3. The molecule has 0 saturated carbocycles. The maximum Gasteiger partial charge on any atom is 0.160 e. The fourth-order valence-electron chi connectivity index (χ4n) is 10.9. The van der Waals surface area contributed by atoms with E-state index in [0.29, 0.717) is 5.82 Å². The molecule has 0 fully saturated rings. The molecule has 0 radical (unpaired) electrons. The van der Waals surface area contributed by atoms with Gasteiger partial charge in [0.05, 0.1) is 16.9 Å². The number of aromatic nitrogens is 3. The van der Waals surface area contributed by atoms with E-state index < -0.39 is 0 Å². The van der Waals surface area contributed by atoms with E-state index in [-0.39, 0.29) is 0 Å². The Bertz CT molecular complexity index is 4220. The number of nitrogens with zero attached hydrogens (tertiary/aromatic N) is 3. The molecule has 0 aliphatic heterocycles. The zero-order valence-corrected chi connectivity index (χ0v) is 38.0. The second-order valence-electron chi connectivity index (χ2n) is 18.3. The molecule has 324 valence electrons. The van der Waals surface area contributed by atoms with Gasteiger partial charge in [-0.1, -0.05) is 194 Å². The van der Waals surface area contributed by atoms with Gasteiger partial charge in [-0.25, -0.2) is 9.97 Å². The quantitative estimate of drug-likeness (QED) is 0.156. The third kappa shape index (κ3) is 6.63. The van der Waals surface area contributed by atoms with Crippen LogP contribution in [-0.2, 0) is 0 Å². The van der Waals surface area contributed by atoms with Crippen molar-refractivity contribution in [3.63, 3.8) is 0 Å². The average molecular weight is 888 g/mol. The zero-order chi connectivity index (χ0) is 46.1. The maximum atomic E-state index is 5.44. The fourth-order valence-corrected chi connectivity index (χ4v) is 10.9. The van der Waals surface area contributed by atoms with Crippen LogP contribution in [0.25, 0.3) is 143 Å². The molecule has 0 unspecified atom stereocenters. The normalized spacial score (nSPS) is 11.7. The predicted molar refractivity (Wildman–Crippen MR) is 295 cm³/mol. The summed E-state index contributed by atoms with van der Waals surface area (Å²) < 4.78 is 0. The first-order chi connectivity index (χ1) is 34.7. The van der Waals surface area contributed by atoms with Crippen LogP contribution in [0.2, 0.25) is 0 Å². The molecule has 0 saturated heterocycles. The minimum Gasteiger partial charge on any atom is -0.256 e. The number of hydrogen-bond donors (Lipinski definition) is 0. The number of pyridine rings is 1. The molecule has 0 aliphatic rings. The lowest BCUT2D eigenvalue weighted by atomic mass is 9.86. The van der Waals surface area contributed by atoms with Gasteiger partial charge >= 0.3 is 0 Å². The van der Waals surface area contributed by atoms with E-state index in [9.17, 15) is 0 Å². The molecule has 0 aliphatic carbocycles. The van der Waals surface area contributed by atoms with Crippen LogP contribution >= 0.6 is 0 Å². The second kappa shape index (κ2) is 16.2. The number of para-hydroxylation sites is 1. The predicted octanol–water partition coefficient (Wildman–Crippen LogP) is 17.9. The Kier molecular flexibility index (Phi) is 9.21. The number of rotatable bonds is 6. The summed E-state index contributed by atoms with van der Waals surface area (Å²) in [6, 6.07) is 87.9. The van der Waals surface area contributed by atoms with Crippen molar-refractivity contribution in [2.75, 3.05) is 0 Å². The molecule has 0 spiro atoms. The van der Waals surface area contributed by atoms with Crippen molar-refractivity contribution in [1.29, 1.82) is 0 Å². The lowest BCUT2D eigenvalue weighted by Gasteiger charge is -2.18. The molecule has 12 aromatic carbocycles. The third-order valence-corrected chi connectivity index (χ3v) is 14.2. The number of fused-ring (bicyclic) bond motifs is 11. The first-order valence-corrected chi connectivity index (χ1v) is 23.9. The Hall–Kier alpha value is -9.31.